The molecule has 1 aliphatic heterocycles. The fourth-order valence-electron chi connectivity index (χ4n) is 3.82. The SMILES string of the molecule is CCOC(=O)CC1(C)CCc2c(C)cc3c(c2O1)CCCC3. The fraction of sp³-hybridized carbons (Fsp3) is 0.632. The predicted molar refractivity (Wildman–Crippen MR) is 86.4 cm³/mol. The van der Waals surface area contributed by atoms with E-state index in [-0.39, 0.29) is 5.97 Å². The number of carbonyl (C=O) groups is 1. The van der Waals surface area contributed by atoms with Crippen molar-refractivity contribution in [3.63, 3.8) is 0 Å². The van der Waals surface area contributed by atoms with Gasteiger partial charge in [0.15, 0.2) is 0 Å². The molecule has 0 fully saturated rings. The molecule has 120 valence electrons. The van der Waals surface area contributed by atoms with Crippen molar-refractivity contribution in [3.05, 3.63) is 28.3 Å². The summed E-state index contributed by atoms with van der Waals surface area (Å²) in [6, 6.07) is 2.35. The van der Waals surface area contributed by atoms with E-state index in [9.17, 15) is 4.79 Å². The van der Waals surface area contributed by atoms with Crippen LogP contribution in [0.1, 0.15) is 61.8 Å². The van der Waals surface area contributed by atoms with Gasteiger partial charge < -0.3 is 9.47 Å². The van der Waals surface area contributed by atoms with Crippen molar-refractivity contribution in [2.45, 2.75) is 71.3 Å². The Morgan fingerprint density at radius 3 is 2.82 bits per heavy atom. The second-order valence-electron chi connectivity index (χ2n) is 6.88. The summed E-state index contributed by atoms with van der Waals surface area (Å²) in [5.74, 6) is 0.919. The number of fused-ring (bicyclic) bond motifs is 3. The minimum atomic E-state index is -0.432. The number of hydrogen-bond donors (Lipinski definition) is 0. The van der Waals surface area contributed by atoms with Gasteiger partial charge in [-0.1, -0.05) is 6.07 Å². The maximum absolute atomic E-state index is 11.9. The van der Waals surface area contributed by atoms with Gasteiger partial charge in [0.1, 0.15) is 11.4 Å². The maximum atomic E-state index is 11.9. The Kier molecular flexibility index (Phi) is 4.16. The van der Waals surface area contributed by atoms with E-state index in [0.717, 1.165) is 31.4 Å². The lowest BCUT2D eigenvalue weighted by Crippen LogP contribution is -2.40. The summed E-state index contributed by atoms with van der Waals surface area (Å²) in [5.41, 5.74) is 5.10. The van der Waals surface area contributed by atoms with Crippen molar-refractivity contribution in [1.29, 1.82) is 0 Å². The second kappa shape index (κ2) is 5.94. The number of esters is 1. The molecule has 1 aromatic carbocycles. The lowest BCUT2D eigenvalue weighted by Gasteiger charge is -2.38. The molecule has 22 heavy (non-hydrogen) atoms. The van der Waals surface area contributed by atoms with E-state index in [1.165, 1.54) is 35.1 Å². The molecule has 0 saturated carbocycles. The van der Waals surface area contributed by atoms with E-state index in [4.69, 9.17) is 9.47 Å². The summed E-state index contributed by atoms with van der Waals surface area (Å²) in [5, 5.41) is 0. The van der Waals surface area contributed by atoms with Crippen LogP contribution < -0.4 is 4.74 Å². The lowest BCUT2D eigenvalue weighted by atomic mass is 9.82. The van der Waals surface area contributed by atoms with Crippen molar-refractivity contribution in [1.82, 2.24) is 0 Å². The molecule has 3 nitrogen and oxygen atoms in total. The van der Waals surface area contributed by atoms with Crippen LogP contribution in [0.5, 0.6) is 5.75 Å². The maximum Gasteiger partial charge on any atom is 0.309 e. The number of rotatable bonds is 3. The van der Waals surface area contributed by atoms with Gasteiger partial charge in [-0.15, -0.1) is 0 Å². The highest BCUT2D eigenvalue weighted by molar-refractivity contribution is 5.71. The number of aryl methyl sites for hydroxylation is 2. The zero-order valence-corrected chi connectivity index (χ0v) is 14.0. The summed E-state index contributed by atoms with van der Waals surface area (Å²) >= 11 is 0. The minimum Gasteiger partial charge on any atom is -0.486 e. The molecular weight excluding hydrogens is 276 g/mol. The predicted octanol–water partition coefficient (Wildman–Crippen LogP) is 3.91. The van der Waals surface area contributed by atoms with Gasteiger partial charge in [0.25, 0.3) is 0 Å². The molecule has 1 heterocycles. The molecule has 0 saturated heterocycles. The number of hydrogen-bond acceptors (Lipinski definition) is 3. The van der Waals surface area contributed by atoms with Crippen LogP contribution in [0.4, 0.5) is 0 Å². The molecule has 2 aliphatic rings. The van der Waals surface area contributed by atoms with Crippen LogP contribution in [0.15, 0.2) is 6.07 Å². The summed E-state index contributed by atoms with van der Waals surface area (Å²) in [4.78, 5) is 11.9. The molecule has 1 aromatic rings. The van der Waals surface area contributed by atoms with Gasteiger partial charge in [-0.2, -0.15) is 0 Å². The molecule has 0 spiro atoms. The second-order valence-corrected chi connectivity index (χ2v) is 6.88. The molecule has 0 N–H and O–H groups in total. The van der Waals surface area contributed by atoms with Gasteiger partial charge in [0, 0.05) is 0 Å². The smallest absolute Gasteiger partial charge is 0.309 e. The summed E-state index contributed by atoms with van der Waals surface area (Å²) in [6.45, 7) is 6.51. The quantitative estimate of drug-likeness (QED) is 0.794. The highest BCUT2D eigenvalue weighted by Gasteiger charge is 2.37. The van der Waals surface area contributed by atoms with E-state index in [0.29, 0.717) is 13.0 Å². The first kappa shape index (κ1) is 15.4. The lowest BCUT2D eigenvalue weighted by molar-refractivity contribution is -0.147. The third kappa shape index (κ3) is 2.86. The Hall–Kier alpha value is -1.51. The third-order valence-electron chi connectivity index (χ3n) is 5.00. The van der Waals surface area contributed by atoms with Gasteiger partial charge in [0.2, 0.25) is 0 Å². The van der Waals surface area contributed by atoms with Gasteiger partial charge in [-0.3, -0.25) is 4.79 Å². The van der Waals surface area contributed by atoms with Crippen molar-refractivity contribution < 1.29 is 14.3 Å². The van der Waals surface area contributed by atoms with E-state index >= 15 is 0 Å². The van der Waals surface area contributed by atoms with Crippen molar-refractivity contribution in [2.75, 3.05) is 6.61 Å². The summed E-state index contributed by atoms with van der Waals surface area (Å²) < 4.78 is 11.5. The van der Waals surface area contributed by atoms with E-state index in [2.05, 4.69) is 13.0 Å². The first-order valence-electron chi connectivity index (χ1n) is 8.51. The number of ether oxygens (including phenoxy) is 2. The zero-order chi connectivity index (χ0) is 15.7. The van der Waals surface area contributed by atoms with Gasteiger partial charge >= 0.3 is 5.97 Å². The Morgan fingerprint density at radius 1 is 1.27 bits per heavy atom. The fourth-order valence-corrected chi connectivity index (χ4v) is 3.82. The third-order valence-corrected chi connectivity index (χ3v) is 5.00. The van der Waals surface area contributed by atoms with E-state index in [1.807, 2.05) is 13.8 Å². The van der Waals surface area contributed by atoms with Gasteiger partial charge in [-0.05, 0) is 81.5 Å². The Bertz CT molecular complexity index is 591. The average Bonchev–Trinajstić information content (AvgIpc) is 2.47. The molecule has 3 rings (SSSR count). The van der Waals surface area contributed by atoms with Gasteiger partial charge in [0.05, 0.1) is 13.0 Å². The largest absolute Gasteiger partial charge is 0.486 e. The monoisotopic (exact) mass is 302 g/mol. The highest BCUT2D eigenvalue weighted by atomic mass is 16.5. The van der Waals surface area contributed by atoms with Crippen molar-refractivity contribution in [3.8, 4) is 5.75 Å². The highest BCUT2D eigenvalue weighted by Crippen LogP contribution is 2.42. The Morgan fingerprint density at radius 2 is 2.05 bits per heavy atom. The Balaban J connectivity index is 1.91. The average molecular weight is 302 g/mol. The van der Waals surface area contributed by atoms with E-state index in [1.54, 1.807) is 0 Å². The Labute approximate surface area is 133 Å². The summed E-state index contributed by atoms with van der Waals surface area (Å²) in [7, 11) is 0. The van der Waals surface area contributed by atoms with Crippen molar-refractivity contribution >= 4 is 5.97 Å². The molecular formula is C19H26O3. The molecule has 1 atom stereocenters. The van der Waals surface area contributed by atoms with Crippen LogP contribution >= 0.6 is 0 Å². The minimum absolute atomic E-state index is 0.157. The molecule has 1 unspecified atom stereocenters. The molecule has 0 radical (unpaired) electrons. The van der Waals surface area contributed by atoms with Gasteiger partial charge in [-0.25, -0.2) is 0 Å². The normalized spacial score (nSPS) is 23.2. The summed E-state index contributed by atoms with van der Waals surface area (Å²) in [6.07, 6.45) is 6.96. The van der Waals surface area contributed by atoms with Crippen molar-refractivity contribution in [2.24, 2.45) is 0 Å². The molecule has 3 heteroatoms. The van der Waals surface area contributed by atoms with E-state index < -0.39 is 5.60 Å². The molecule has 0 aromatic heterocycles. The first-order chi connectivity index (χ1) is 10.5. The van der Waals surface area contributed by atoms with Crippen LogP contribution in [0.3, 0.4) is 0 Å². The topological polar surface area (TPSA) is 35.5 Å². The number of benzene rings is 1. The molecule has 0 amide bonds. The van der Waals surface area contributed by atoms with Crippen LogP contribution in [-0.2, 0) is 28.8 Å². The first-order valence-corrected chi connectivity index (χ1v) is 8.51. The molecule has 1 aliphatic carbocycles. The van der Waals surface area contributed by atoms with Crippen LogP contribution in [-0.4, -0.2) is 18.2 Å². The van der Waals surface area contributed by atoms with Crippen LogP contribution in [0.25, 0.3) is 0 Å². The van der Waals surface area contributed by atoms with Crippen LogP contribution in [0.2, 0.25) is 0 Å². The number of carbonyl (C=O) groups excluding carboxylic acids is 1. The van der Waals surface area contributed by atoms with Crippen LogP contribution in [0, 0.1) is 6.92 Å². The zero-order valence-electron chi connectivity index (χ0n) is 14.0. The standard InChI is InChI=1S/C19H26O3/c1-4-21-17(20)12-19(3)10-9-15-13(2)11-14-7-5-6-8-16(14)18(15)22-19/h11H,4-10,12H2,1-3H3. The molecule has 0 bridgehead atoms.